The van der Waals surface area contributed by atoms with Gasteiger partial charge in [-0.2, -0.15) is 10.5 Å². The first-order chi connectivity index (χ1) is 15.5. The first kappa shape index (κ1) is 21.8. The molecule has 2 N–H and O–H groups in total. The smallest absolute Gasteiger partial charge is 0.159 e. The van der Waals surface area contributed by atoms with E-state index in [1.807, 2.05) is 36.5 Å². The summed E-state index contributed by atoms with van der Waals surface area (Å²) in [5.74, 6) is -0.674. The van der Waals surface area contributed by atoms with Crippen LogP contribution in [-0.4, -0.2) is 22.0 Å². The maximum Gasteiger partial charge on any atom is 0.159 e. The van der Waals surface area contributed by atoms with Crippen LogP contribution >= 0.6 is 23.2 Å². The number of halogens is 2. The lowest BCUT2D eigenvalue weighted by Gasteiger charge is -2.25. The zero-order valence-electron chi connectivity index (χ0n) is 16.8. The molecule has 0 aliphatic heterocycles. The minimum Gasteiger partial charge on any atom is -0.505 e. The van der Waals surface area contributed by atoms with Crippen molar-refractivity contribution >= 4 is 45.5 Å². The summed E-state index contributed by atoms with van der Waals surface area (Å²) in [5, 5.41) is 29.8. The number of aromatic hydroxyl groups is 1. The molecule has 3 aromatic rings. The van der Waals surface area contributed by atoms with Crippen LogP contribution in [0.2, 0.25) is 10.0 Å². The first-order valence-corrected chi connectivity index (χ1v) is 10.7. The van der Waals surface area contributed by atoms with Gasteiger partial charge in [-0.25, -0.2) is 0 Å². The Kier molecular flexibility index (Phi) is 6.10. The number of ketones is 1. The highest BCUT2D eigenvalue weighted by Crippen LogP contribution is 2.45. The summed E-state index contributed by atoms with van der Waals surface area (Å²) in [6.45, 7) is 0. The molecule has 4 rings (SSSR count). The van der Waals surface area contributed by atoms with Crippen LogP contribution in [0.5, 0.6) is 11.5 Å². The Hall–Kier alpha value is -3.45. The predicted molar refractivity (Wildman–Crippen MR) is 122 cm³/mol. The normalized spacial score (nSPS) is 18.2. The van der Waals surface area contributed by atoms with Gasteiger partial charge in [0.1, 0.15) is 39.4 Å². The third-order valence-electron chi connectivity index (χ3n) is 5.50. The third-order valence-corrected chi connectivity index (χ3v) is 6.33. The number of phenols is 1. The summed E-state index contributed by atoms with van der Waals surface area (Å²) in [6, 6.07) is 11.4. The van der Waals surface area contributed by atoms with E-state index in [2.05, 4.69) is 4.98 Å². The molecule has 8 heteroatoms. The van der Waals surface area contributed by atoms with Crippen molar-refractivity contribution in [1.29, 1.82) is 10.5 Å². The lowest BCUT2D eigenvalue weighted by Crippen LogP contribution is -2.22. The Morgan fingerprint density at radius 1 is 1.09 bits per heavy atom. The van der Waals surface area contributed by atoms with Gasteiger partial charge in [-0.1, -0.05) is 41.4 Å². The number of nitrogens with zero attached hydrogens (tertiary/aromatic N) is 2. The summed E-state index contributed by atoms with van der Waals surface area (Å²) >= 11 is 12.4. The summed E-state index contributed by atoms with van der Waals surface area (Å²) < 4.78 is 6.22. The zero-order valence-corrected chi connectivity index (χ0v) is 18.3. The Morgan fingerprint density at radius 2 is 1.84 bits per heavy atom. The number of hydrogen-bond donors (Lipinski definition) is 2. The molecule has 0 radical (unpaired) electrons. The number of ether oxygens (including phenoxy) is 1. The molecule has 0 saturated carbocycles. The SMILES string of the molecule is N#Cc1c(O)c(Cl)c(Cl)c(OC2CCCCC(=O)/C=C\2c2c[nH]c3ccccc23)c1C#N. The number of aromatic nitrogens is 1. The standard InChI is InChI=1S/C24H17Cl2N3O3/c25-21-22(26)24(17(11-28)16(10-27)23(21)31)32-20-8-4-1-5-13(30)9-15(20)18-12-29-19-7-3-2-6-14(18)19/h2-3,6-7,9,12,20,29,31H,1,4-5,8H2/b15-9-. The second kappa shape index (κ2) is 8.96. The third kappa shape index (κ3) is 3.80. The monoisotopic (exact) mass is 465 g/mol. The number of aromatic amines is 1. The molecule has 0 saturated heterocycles. The Bertz CT molecular complexity index is 1350. The molecule has 0 spiro atoms. The second-order valence-electron chi connectivity index (χ2n) is 7.45. The van der Waals surface area contributed by atoms with E-state index in [9.17, 15) is 20.4 Å². The van der Waals surface area contributed by atoms with Crippen molar-refractivity contribution < 1.29 is 14.6 Å². The van der Waals surface area contributed by atoms with Gasteiger partial charge in [0.2, 0.25) is 0 Å². The number of hydrogen-bond acceptors (Lipinski definition) is 5. The van der Waals surface area contributed by atoms with E-state index in [1.54, 1.807) is 12.1 Å². The molecule has 1 atom stereocenters. The maximum atomic E-state index is 12.5. The van der Waals surface area contributed by atoms with E-state index < -0.39 is 11.9 Å². The second-order valence-corrected chi connectivity index (χ2v) is 8.20. The fraction of sp³-hybridized carbons (Fsp3) is 0.208. The van der Waals surface area contributed by atoms with Gasteiger partial charge in [-0.05, 0) is 31.4 Å². The lowest BCUT2D eigenvalue weighted by atomic mass is 9.91. The fourth-order valence-electron chi connectivity index (χ4n) is 3.93. The quantitative estimate of drug-likeness (QED) is 0.500. The van der Waals surface area contributed by atoms with Crippen LogP contribution in [-0.2, 0) is 4.79 Å². The van der Waals surface area contributed by atoms with Crippen molar-refractivity contribution in [2.75, 3.05) is 0 Å². The van der Waals surface area contributed by atoms with Crippen LogP contribution < -0.4 is 4.74 Å². The molecule has 6 nitrogen and oxygen atoms in total. The van der Waals surface area contributed by atoms with Crippen molar-refractivity contribution in [2.24, 2.45) is 0 Å². The summed E-state index contributed by atoms with van der Waals surface area (Å²) in [6.07, 6.45) is 5.18. The zero-order chi connectivity index (χ0) is 22.8. The van der Waals surface area contributed by atoms with Gasteiger partial charge in [0.05, 0.1) is 0 Å². The molecule has 0 bridgehead atoms. The van der Waals surface area contributed by atoms with Crippen LogP contribution in [0.25, 0.3) is 16.5 Å². The van der Waals surface area contributed by atoms with E-state index in [0.717, 1.165) is 16.5 Å². The van der Waals surface area contributed by atoms with Gasteiger partial charge < -0.3 is 14.8 Å². The highest BCUT2D eigenvalue weighted by Gasteiger charge is 2.29. The number of phenolic OH excluding ortho intramolecular Hbond substituents is 1. The van der Waals surface area contributed by atoms with Gasteiger partial charge >= 0.3 is 0 Å². The van der Waals surface area contributed by atoms with E-state index in [0.29, 0.717) is 31.3 Å². The maximum absolute atomic E-state index is 12.5. The van der Waals surface area contributed by atoms with Crippen molar-refractivity contribution in [3.63, 3.8) is 0 Å². The minimum atomic E-state index is -0.629. The van der Waals surface area contributed by atoms with E-state index >= 15 is 0 Å². The highest BCUT2D eigenvalue weighted by atomic mass is 35.5. The summed E-state index contributed by atoms with van der Waals surface area (Å²) in [5.41, 5.74) is 1.85. The van der Waals surface area contributed by atoms with E-state index in [4.69, 9.17) is 27.9 Å². The molecule has 160 valence electrons. The number of H-pyrrole nitrogens is 1. The Balaban J connectivity index is 1.88. The Labute approximate surface area is 194 Å². The van der Waals surface area contributed by atoms with Crippen molar-refractivity contribution in [3.05, 3.63) is 63.3 Å². The molecule has 1 aromatic heterocycles. The van der Waals surface area contributed by atoms with E-state index in [1.165, 1.54) is 0 Å². The first-order valence-electron chi connectivity index (χ1n) is 9.98. The van der Waals surface area contributed by atoms with Crippen molar-refractivity contribution in [2.45, 2.75) is 31.8 Å². The number of carbonyl (C=O) groups excluding carboxylic acids is 1. The fourth-order valence-corrected chi connectivity index (χ4v) is 4.34. The molecule has 0 amide bonds. The molecule has 2 aromatic carbocycles. The number of carbonyl (C=O) groups is 1. The van der Waals surface area contributed by atoms with Gasteiger partial charge in [-0.3, -0.25) is 4.79 Å². The van der Waals surface area contributed by atoms with Gasteiger partial charge in [0.15, 0.2) is 17.3 Å². The number of fused-ring (bicyclic) bond motifs is 1. The molecule has 1 aliphatic carbocycles. The molecule has 32 heavy (non-hydrogen) atoms. The van der Waals surface area contributed by atoms with Crippen LogP contribution in [0.3, 0.4) is 0 Å². The number of para-hydroxylation sites is 1. The van der Waals surface area contributed by atoms with Crippen LogP contribution in [0.4, 0.5) is 0 Å². The van der Waals surface area contributed by atoms with Crippen LogP contribution in [0.15, 0.2) is 36.5 Å². The number of allylic oxidation sites excluding steroid dienone is 1. The van der Waals surface area contributed by atoms with Crippen LogP contribution in [0, 0.1) is 22.7 Å². The number of rotatable bonds is 3. The topological polar surface area (TPSA) is 110 Å². The van der Waals surface area contributed by atoms with Crippen molar-refractivity contribution in [3.8, 4) is 23.6 Å². The molecule has 1 aliphatic rings. The van der Waals surface area contributed by atoms with Gasteiger partial charge in [-0.15, -0.1) is 0 Å². The van der Waals surface area contributed by atoms with Gasteiger partial charge in [0, 0.05) is 34.7 Å². The molecule has 1 heterocycles. The minimum absolute atomic E-state index is 0.0216. The average Bonchev–Trinajstić information content (AvgIpc) is 3.21. The van der Waals surface area contributed by atoms with Gasteiger partial charge in [0.25, 0.3) is 0 Å². The molecular formula is C24H17Cl2N3O3. The van der Waals surface area contributed by atoms with Crippen LogP contribution in [0.1, 0.15) is 42.4 Å². The average molecular weight is 466 g/mol. The summed E-state index contributed by atoms with van der Waals surface area (Å²) in [4.78, 5) is 15.8. The molecule has 1 unspecified atom stereocenters. The lowest BCUT2D eigenvalue weighted by molar-refractivity contribution is -0.114. The number of benzene rings is 2. The number of nitriles is 2. The number of nitrogens with one attached hydrogen (secondary N) is 1. The highest BCUT2D eigenvalue weighted by molar-refractivity contribution is 6.44. The predicted octanol–water partition coefficient (Wildman–Crippen LogP) is 5.90. The molecule has 0 fully saturated rings. The Morgan fingerprint density at radius 3 is 2.59 bits per heavy atom. The summed E-state index contributed by atoms with van der Waals surface area (Å²) in [7, 11) is 0. The van der Waals surface area contributed by atoms with E-state index in [-0.39, 0.29) is 32.7 Å². The van der Waals surface area contributed by atoms with Crippen molar-refractivity contribution in [1.82, 2.24) is 4.98 Å². The largest absolute Gasteiger partial charge is 0.505 e. The molecular weight excluding hydrogens is 449 g/mol.